The van der Waals surface area contributed by atoms with E-state index in [1.807, 2.05) is 51.1 Å². The summed E-state index contributed by atoms with van der Waals surface area (Å²) in [4.78, 5) is 27.1. The van der Waals surface area contributed by atoms with Gasteiger partial charge in [0, 0.05) is 25.2 Å². The van der Waals surface area contributed by atoms with Crippen molar-refractivity contribution in [3.05, 3.63) is 53.4 Å². The second-order valence-electron chi connectivity index (χ2n) is 8.85. The van der Waals surface area contributed by atoms with Crippen LogP contribution in [0.2, 0.25) is 0 Å². The van der Waals surface area contributed by atoms with Crippen LogP contribution in [0.1, 0.15) is 39.2 Å². The number of rotatable bonds is 7. The van der Waals surface area contributed by atoms with Crippen LogP contribution in [0.3, 0.4) is 0 Å². The Labute approximate surface area is 194 Å². The van der Waals surface area contributed by atoms with Crippen LogP contribution in [0.4, 0.5) is 0 Å². The number of piperidine rings is 1. The summed E-state index contributed by atoms with van der Waals surface area (Å²) in [6, 6.07) is 13.0. The third-order valence-electron chi connectivity index (χ3n) is 5.51. The lowest BCUT2D eigenvalue weighted by Crippen LogP contribution is -2.47. The number of hydrogen-bond donors (Lipinski definition) is 0. The smallest absolute Gasteiger partial charge is 0.309 e. The first-order chi connectivity index (χ1) is 15.1. The highest BCUT2D eigenvalue weighted by Gasteiger charge is 2.34. The standard InChI is InChI=1S/C23H30N2O5S2/c1-23(2,3)25(16-18-8-5-4-6-9-18)20(26)17-30-22(27)19-11-13-24(14-12-19)32(28,29)21-10-7-15-31-21/h4-10,15,19H,11-14,16-17H2,1-3H3. The third kappa shape index (κ3) is 5.96. The van der Waals surface area contributed by atoms with Crippen LogP contribution >= 0.6 is 11.3 Å². The van der Waals surface area contributed by atoms with Gasteiger partial charge in [-0.3, -0.25) is 9.59 Å². The van der Waals surface area contributed by atoms with Gasteiger partial charge in [0.25, 0.3) is 15.9 Å². The Hall–Kier alpha value is -2.23. The summed E-state index contributed by atoms with van der Waals surface area (Å²) >= 11 is 1.18. The highest BCUT2D eigenvalue weighted by molar-refractivity contribution is 7.91. The van der Waals surface area contributed by atoms with Crippen LogP contribution in [0.5, 0.6) is 0 Å². The molecule has 0 bridgehead atoms. The van der Waals surface area contributed by atoms with Crippen LogP contribution in [-0.2, 0) is 30.9 Å². The molecule has 2 aromatic rings. The lowest BCUT2D eigenvalue weighted by molar-refractivity contribution is -0.158. The number of carbonyl (C=O) groups is 2. The fourth-order valence-corrected chi connectivity index (χ4v) is 6.28. The second kappa shape index (κ2) is 10.1. The number of thiophene rings is 1. The quantitative estimate of drug-likeness (QED) is 0.569. The molecule has 0 saturated carbocycles. The lowest BCUT2D eigenvalue weighted by Gasteiger charge is -2.36. The first kappa shape index (κ1) is 24.4. The van der Waals surface area contributed by atoms with E-state index in [0.717, 1.165) is 5.56 Å². The molecule has 0 radical (unpaired) electrons. The molecule has 2 heterocycles. The van der Waals surface area contributed by atoms with Gasteiger partial charge in [0.2, 0.25) is 0 Å². The van der Waals surface area contributed by atoms with E-state index < -0.39 is 27.4 Å². The molecule has 0 spiro atoms. The Balaban J connectivity index is 1.53. The van der Waals surface area contributed by atoms with Crippen LogP contribution < -0.4 is 0 Å². The van der Waals surface area contributed by atoms with Crippen molar-refractivity contribution in [2.75, 3.05) is 19.7 Å². The third-order valence-corrected chi connectivity index (χ3v) is 8.78. The van der Waals surface area contributed by atoms with Gasteiger partial charge in [0.1, 0.15) is 4.21 Å². The molecule has 32 heavy (non-hydrogen) atoms. The first-order valence-corrected chi connectivity index (χ1v) is 13.0. The Morgan fingerprint density at radius 3 is 2.31 bits per heavy atom. The van der Waals surface area contributed by atoms with Gasteiger partial charge >= 0.3 is 5.97 Å². The van der Waals surface area contributed by atoms with Gasteiger partial charge in [-0.15, -0.1) is 11.3 Å². The maximum Gasteiger partial charge on any atom is 0.309 e. The minimum atomic E-state index is -3.51. The molecule has 1 aliphatic rings. The summed E-state index contributed by atoms with van der Waals surface area (Å²) in [6.07, 6.45) is 0.759. The van der Waals surface area contributed by atoms with Gasteiger partial charge in [0.15, 0.2) is 6.61 Å². The van der Waals surface area contributed by atoms with Crippen molar-refractivity contribution in [3.63, 3.8) is 0 Å². The van der Waals surface area contributed by atoms with Gasteiger partial charge in [-0.25, -0.2) is 8.42 Å². The number of sulfonamides is 1. The number of carbonyl (C=O) groups excluding carboxylic acids is 2. The summed E-state index contributed by atoms with van der Waals surface area (Å²) < 4.78 is 32.3. The lowest BCUT2D eigenvalue weighted by atomic mass is 9.98. The molecule has 0 unspecified atom stereocenters. The molecule has 0 N–H and O–H groups in total. The fourth-order valence-electron chi connectivity index (χ4n) is 3.66. The molecule has 3 rings (SSSR count). The normalized spacial score (nSPS) is 16.0. The number of esters is 1. The summed E-state index contributed by atoms with van der Waals surface area (Å²) in [7, 11) is -3.51. The highest BCUT2D eigenvalue weighted by Crippen LogP contribution is 2.27. The number of nitrogens with zero attached hydrogens (tertiary/aromatic N) is 2. The van der Waals surface area contributed by atoms with E-state index in [0.29, 0.717) is 23.6 Å². The van der Waals surface area contributed by atoms with Crippen LogP contribution in [-0.4, -0.2) is 54.7 Å². The van der Waals surface area contributed by atoms with Gasteiger partial charge in [-0.1, -0.05) is 36.4 Å². The van der Waals surface area contributed by atoms with E-state index >= 15 is 0 Å². The Morgan fingerprint density at radius 1 is 1.09 bits per heavy atom. The Morgan fingerprint density at radius 2 is 1.75 bits per heavy atom. The maximum absolute atomic E-state index is 12.9. The molecule has 0 aliphatic carbocycles. The van der Waals surface area contributed by atoms with Crippen molar-refractivity contribution in [3.8, 4) is 0 Å². The van der Waals surface area contributed by atoms with E-state index in [-0.39, 0.29) is 25.6 Å². The summed E-state index contributed by atoms with van der Waals surface area (Å²) in [5.74, 6) is -1.11. The van der Waals surface area contributed by atoms with Gasteiger partial charge in [-0.2, -0.15) is 4.31 Å². The number of benzene rings is 1. The number of hydrogen-bond acceptors (Lipinski definition) is 6. The van der Waals surface area contributed by atoms with Crippen LogP contribution in [0, 0.1) is 5.92 Å². The SMILES string of the molecule is CC(C)(C)N(Cc1ccccc1)C(=O)COC(=O)C1CCN(S(=O)(=O)c2cccs2)CC1. The summed E-state index contributed by atoms with van der Waals surface area (Å²) in [5.41, 5.74) is 0.572. The van der Waals surface area contributed by atoms with Crippen molar-refractivity contribution < 1.29 is 22.7 Å². The van der Waals surface area contributed by atoms with Crippen LogP contribution in [0.25, 0.3) is 0 Å². The van der Waals surface area contributed by atoms with Crippen molar-refractivity contribution in [2.45, 2.75) is 49.9 Å². The average Bonchev–Trinajstić information content (AvgIpc) is 3.31. The van der Waals surface area contributed by atoms with E-state index in [4.69, 9.17) is 4.74 Å². The van der Waals surface area contributed by atoms with E-state index in [9.17, 15) is 18.0 Å². The zero-order chi connectivity index (χ0) is 23.4. The minimum absolute atomic E-state index is 0.257. The van der Waals surface area contributed by atoms with Crippen LogP contribution in [0.15, 0.2) is 52.1 Å². The van der Waals surface area contributed by atoms with Gasteiger partial charge < -0.3 is 9.64 Å². The molecule has 9 heteroatoms. The molecule has 1 saturated heterocycles. The van der Waals surface area contributed by atoms with Crippen molar-refractivity contribution in [1.29, 1.82) is 0 Å². The zero-order valence-electron chi connectivity index (χ0n) is 18.7. The molecule has 1 aromatic heterocycles. The predicted octanol–water partition coefficient (Wildman–Crippen LogP) is 3.52. The highest BCUT2D eigenvalue weighted by atomic mass is 32.2. The fraction of sp³-hybridized carbons (Fsp3) is 0.478. The van der Waals surface area contributed by atoms with Crippen molar-refractivity contribution in [1.82, 2.24) is 9.21 Å². The van der Waals surface area contributed by atoms with E-state index in [2.05, 4.69) is 0 Å². The Bertz CT molecular complexity index is 1010. The van der Waals surface area contributed by atoms with Gasteiger partial charge in [0.05, 0.1) is 5.92 Å². The largest absolute Gasteiger partial charge is 0.455 e. The second-order valence-corrected chi connectivity index (χ2v) is 12.0. The Kier molecular flexibility index (Phi) is 7.74. The maximum atomic E-state index is 12.9. The molecule has 1 aromatic carbocycles. The van der Waals surface area contributed by atoms with Crippen molar-refractivity contribution in [2.24, 2.45) is 5.92 Å². The molecule has 0 atom stereocenters. The molecule has 1 fully saturated rings. The molecular weight excluding hydrogens is 448 g/mol. The van der Waals surface area contributed by atoms with Gasteiger partial charge in [-0.05, 0) is 50.6 Å². The topological polar surface area (TPSA) is 84.0 Å². The molecular formula is C23H30N2O5S2. The summed E-state index contributed by atoms with van der Waals surface area (Å²) in [5, 5.41) is 1.73. The van der Waals surface area contributed by atoms with E-state index in [1.54, 1.807) is 22.4 Å². The first-order valence-electron chi connectivity index (χ1n) is 10.6. The number of ether oxygens (including phenoxy) is 1. The minimum Gasteiger partial charge on any atom is -0.455 e. The molecule has 7 nitrogen and oxygen atoms in total. The molecule has 1 amide bonds. The average molecular weight is 479 g/mol. The molecule has 1 aliphatic heterocycles. The number of amides is 1. The summed E-state index contributed by atoms with van der Waals surface area (Å²) in [6.45, 7) is 6.46. The monoisotopic (exact) mass is 478 g/mol. The van der Waals surface area contributed by atoms with Crippen molar-refractivity contribution >= 4 is 33.2 Å². The van der Waals surface area contributed by atoms with E-state index in [1.165, 1.54) is 15.6 Å². The predicted molar refractivity (Wildman–Crippen MR) is 124 cm³/mol. The molecule has 174 valence electrons. The zero-order valence-corrected chi connectivity index (χ0v) is 20.3.